The van der Waals surface area contributed by atoms with E-state index < -0.39 is 5.97 Å². The van der Waals surface area contributed by atoms with E-state index in [0.29, 0.717) is 42.7 Å². The van der Waals surface area contributed by atoms with Gasteiger partial charge in [-0.15, -0.1) is 0 Å². The predicted octanol–water partition coefficient (Wildman–Crippen LogP) is 2.53. The molecule has 0 atom stereocenters. The van der Waals surface area contributed by atoms with Crippen LogP contribution < -0.4 is 4.90 Å². The summed E-state index contributed by atoms with van der Waals surface area (Å²) in [6.07, 6.45) is 0. The van der Waals surface area contributed by atoms with E-state index in [1.807, 2.05) is 4.90 Å². The van der Waals surface area contributed by atoms with Crippen LogP contribution in [0, 0.1) is 0 Å². The van der Waals surface area contributed by atoms with Crippen molar-refractivity contribution in [2.24, 2.45) is 0 Å². The number of morpholine rings is 1. The van der Waals surface area contributed by atoms with E-state index >= 15 is 0 Å². The second kappa shape index (κ2) is 5.75. The standard InChI is InChI=1S/C14H13ClN2O4/c15-10-3-1-9(2-4-10)12-11(14(18)19)13(16-21-12)17-5-7-20-8-6-17/h1-4H,5-8H2,(H,18,19). The van der Waals surface area contributed by atoms with Gasteiger partial charge in [0.1, 0.15) is 0 Å². The summed E-state index contributed by atoms with van der Waals surface area (Å²) >= 11 is 5.84. The Morgan fingerprint density at radius 3 is 2.52 bits per heavy atom. The summed E-state index contributed by atoms with van der Waals surface area (Å²) in [6, 6.07) is 6.77. The molecule has 1 saturated heterocycles. The Hall–Kier alpha value is -2.05. The molecule has 0 amide bonds. The predicted molar refractivity (Wildman–Crippen MR) is 76.9 cm³/mol. The highest BCUT2D eigenvalue weighted by Crippen LogP contribution is 2.32. The van der Waals surface area contributed by atoms with E-state index in [9.17, 15) is 9.90 Å². The Morgan fingerprint density at radius 1 is 1.24 bits per heavy atom. The number of aromatic nitrogens is 1. The molecule has 1 aliphatic heterocycles. The van der Waals surface area contributed by atoms with Crippen molar-refractivity contribution in [1.29, 1.82) is 0 Å². The molecular weight excluding hydrogens is 296 g/mol. The fourth-order valence-electron chi connectivity index (χ4n) is 2.26. The molecule has 0 aliphatic carbocycles. The van der Waals surface area contributed by atoms with Gasteiger partial charge in [-0.05, 0) is 24.3 Å². The van der Waals surface area contributed by atoms with Crippen molar-refractivity contribution in [3.8, 4) is 11.3 Å². The summed E-state index contributed by atoms with van der Waals surface area (Å²) in [6.45, 7) is 2.27. The van der Waals surface area contributed by atoms with Crippen LogP contribution in [0.2, 0.25) is 5.02 Å². The third kappa shape index (κ3) is 2.72. The smallest absolute Gasteiger partial charge is 0.343 e. The lowest BCUT2D eigenvalue weighted by atomic mass is 10.1. The number of ether oxygens (including phenoxy) is 1. The van der Waals surface area contributed by atoms with Crippen LogP contribution in [-0.2, 0) is 4.74 Å². The van der Waals surface area contributed by atoms with Gasteiger partial charge in [0, 0.05) is 23.7 Å². The first-order chi connectivity index (χ1) is 10.2. The number of carboxylic acid groups (broad SMARTS) is 1. The number of carbonyl (C=O) groups is 1. The molecule has 1 aromatic heterocycles. The first kappa shape index (κ1) is 13.9. The molecule has 2 heterocycles. The third-order valence-corrected chi connectivity index (χ3v) is 3.56. The van der Waals surface area contributed by atoms with Gasteiger partial charge in [0.2, 0.25) is 0 Å². The SMILES string of the molecule is O=C(O)c1c(N2CCOCC2)noc1-c1ccc(Cl)cc1. The van der Waals surface area contributed by atoms with Gasteiger partial charge in [-0.3, -0.25) is 0 Å². The quantitative estimate of drug-likeness (QED) is 0.939. The zero-order valence-electron chi connectivity index (χ0n) is 11.1. The van der Waals surface area contributed by atoms with Crippen LogP contribution in [0.15, 0.2) is 28.8 Å². The van der Waals surface area contributed by atoms with Gasteiger partial charge in [-0.25, -0.2) is 4.79 Å². The zero-order chi connectivity index (χ0) is 14.8. The molecule has 7 heteroatoms. The van der Waals surface area contributed by atoms with Crippen molar-refractivity contribution in [1.82, 2.24) is 5.16 Å². The molecule has 0 saturated carbocycles. The number of aromatic carboxylic acids is 1. The Kier molecular flexibility index (Phi) is 3.81. The molecule has 0 radical (unpaired) electrons. The highest BCUT2D eigenvalue weighted by atomic mass is 35.5. The van der Waals surface area contributed by atoms with Gasteiger partial charge in [0.05, 0.1) is 13.2 Å². The Morgan fingerprint density at radius 2 is 1.90 bits per heavy atom. The number of nitrogens with zero attached hydrogens (tertiary/aromatic N) is 2. The Bertz CT molecular complexity index is 647. The highest BCUT2D eigenvalue weighted by molar-refractivity contribution is 6.30. The van der Waals surface area contributed by atoms with Gasteiger partial charge in [0.25, 0.3) is 0 Å². The second-order valence-corrected chi connectivity index (χ2v) is 5.06. The van der Waals surface area contributed by atoms with Crippen LogP contribution in [0.25, 0.3) is 11.3 Å². The van der Waals surface area contributed by atoms with E-state index in [0.717, 1.165) is 0 Å². The third-order valence-electron chi connectivity index (χ3n) is 3.30. The van der Waals surface area contributed by atoms with Gasteiger partial charge < -0.3 is 19.3 Å². The molecule has 0 unspecified atom stereocenters. The molecule has 110 valence electrons. The van der Waals surface area contributed by atoms with Crippen LogP contribution in [0.3, 0.4) is 0 Å². The minimum absolute atomic E-state index is 0.0687. The van der Waals surface area contributed by atoms with Crippen LogP contribution >= 0.6 is 11.6 Å². The number of halogens is 1. The number of benzene rings is 1. The topological polar surface area (TPSA) is 75.8 Å². The maximum Gasteiger partial charge on any atom is 0.343 e. The van der Waals surface area contributed by atoms with Crippen molar-refractivity contribution >= 4 is 23.4 Å². The molecular formula is C14H13ClN2O4. The normalized spacial score (nSPS) is 15.2. The fraction of sp³-hybridized carbons (Fsp3) is 0.286. The summed E-state index contributed by atoms with van der Waals surface area (Å²) in [5.74, 6) is -0.487. The number of carboxylic acids is 1. The van der Waals surface area contributed by atoms with Gasteiger partial charge >= 0.3 is 5.97 Å². The van der Waals surface area contributed by atoms with Crippen molar-refractivity contribution in [3.63, 3.8) is 0 Å². The number of hydrogen-bond acceptors (Lipinski definition) is 5. The van der Waals surface area contributed by atoms with E-state index in [4.69, 9.17) is 20.9 Å². The van der Waals surface area contributed by atoms with Crippen molar-refractivity contribution < 1.29 is 19.2 Å². The molecule has 1 aliphatic rings. The number of rotatable bonds is 3. The fourth-order valence-corrected chi connectivity index (χ4v) is 2.39. The first-order valence-corrected chi connectivity index (χ1v) is 6.86. The number of anilines is 1. The summed E-state index contributed by atoms with van der Waals surface area (Å²) < 4.78 is 10.5. The van der Waals surface area contributed by atoms with Crippen LogP contribution in [0.4, 0.5) is 5.82 Å². The Labute approximate surface area is 125 Å². The van der Waals surface area contributed by atoms with Crippen LogP contribution in [0.1, 0.15) is 10.4 Å². The lowest BCUT2D eigenvalue weighted by molar-refractivity contribution is 0.0696. The zero-order valence-corrected chi connectivity index (χ0v) is 11.8. The summed E-state index contributed by atoms with van der Waals surface area (Å²) in [7, 11) is 0. The molecule has 6 nitrogen and oxygen atoms in total. The monoisotopic (exact) mass is 308 g/mol. The maximum absolute atomic E-state index is 11.6. The van der Waals surface area contributed by atoms with Crippen molar-refractivity contribution in [2.45, 2.75) is 0 Å². The molecule has 1 aromatic carbocycles. The van der Waals surface area contributed by atoms with E-state index in [-0.39, 0.29) is 11.3 Å². The lowest BCUT2D eigenvalue weighted by Gasteiger charge is -2.26. The molecule has 0 spiro atoms. The number of hydrogen-bond donors (Lipinski definition) is 1. The maximum atomic E-state index is 11.6. The summed E-state index contributed by atoms with van der Waals surface area (Å²) in [4.78, 5) is 13.5. The minimum Gasteiger partial charge on any atom is -0.477 e. The molecule has 0 bridgehead atoms. The van der Waals surface area contributed by atoms with Gasteiger partial charge in [0.15, 0.2) is 17.1 Å². The molecule has 1 N–H and O–H groups in total. The molecule has 3 rings (SSSR count). The summed E-state index contributed by atoms with van der Waals surface area (Å²) in [5.41, 5.74) is 0.697. The van der Waals surface area contributed by atoms with E-state index in [1.54, 1.807) is 24.3 Å². The molecule has 2 aromatic rings. The minimum atomic E-state index is -1.07. The Balaban J connectivity index is 2.03. The van der Waals surface area contributed by atoms with E-state index in [1.165, 1.54) is 0 Å². The molecule has 1 fully saturated rings. The van der Waals surface area contributed by atoms with Crippen molar-refractivity contribution in [2.75, 3.05) is 31.2 Å². The highest BCUT2D eigenvalue weighted by Gasteiger charge is 2.28. The van der Waals surface area contributed by atoms with Crippen LogP contribution in [0.5, 0.6) is 0 Å². The average Bonchev–Trinajstić information content (AvgIpc) is 2.94. The molecule has 21 heavy (non-hydrogen) atoms. The van der Waals surface area contributed by atoms with Gasteiger partial charge in [-0.2, -0.15) is 0 Å². The first-order valence-electron chi connectivity index (χ1n) is 6.48. The summed E-state index contributed by atoms with van der Waals surface area (Å²) in [5, 5.41) is 14.0. The van der Waals surface area contributed by atoms with Crippen LogP contribution in [-0.4, -0.2) is 42.5 Å². The average molecular weight is 309 g/mol. The van der Waals surface area contributed by atoms with E-state index in [2.05, 4.69) is 5.16 Å². The van der Waals surface area contributed by atoms with Crippen molar-refractivity contribution in [3.05, 3.63) is 34.9 Å². The second-order valence-electron chi connectivity index (χ2n) is 4.62. The largest absolute Gasteiger partial charge is 0.477 e. The lowest BCUT2D eigenvalue weighted by Crippen LogP contribution is -2.37. The van der Waals surface area contributed by atoms with Gasteiger partial charge in [-0.1, -0.05) is 16.8 Å².